The first-order chi connectivity index (χ1) is 11.9. The van der Waals surface area contributed by atoms with Crippen LogP contribution in [0.4, 0.5) is 11.4 Å². The van der Waals surface area contributed by atoms with Gasteiger partial charge in [0.2, 0.25) is 11.8 Å². The third kappa shape index (κ3) is 5.22. The number of nitrogens with zero attached hydrogens (tertiary/aromatic N) is 1. The number of aryl methyl sites for hydroxylation is 1. The molecule has 0 atom stereocenters. The summed E-state index contributed by atoms with van der Waals surface area (Å²) in [5, 5.41) is 3.39. The lowest BCUT2D eigenvalue weighted by Crippen LogP contribution is -2.32. The number of hydrogen-bond acceptors (Lipinski definition) is 3. The van der Waals surface area contributed by atoms with Crippen LogP contribution >= 0.6 is 11.6 Å². The van der Waals surface area contributed by atoms with Crippen molar-refractivity contribution in [1.29, 1.82) is 0 Å². The fraction of sp³-hybridized carbons (Fsp3) is 0.263. The Labute approximate surface area is 152 Å². The van der Waals surface area contributed by atoms with Gasteiger partial charge in [0.15, 0.2) is 0 Å². The smallest absolute Gasteiger partial charge is 0.226 e. The third-order valence-electron chi connectivity index (χ3n) is 3.70. The summed E-state index contributed by atoms with van der Waals surface area (Å²) in [5.74, 6) is 0.266. The zero-order valence-corrected chi connectivity index (χ0v) is 15.3. The Morgan fingerprint density at radius 1 is 1.16 bits per heavy atom. The van der Waals surface area contributed by atoms with E-state index in [-0.39, 0.29) is 24.8 Å². The molecule has 0 aromatic heterocycles. The Bertz CT molecular complexity index is 760. The second-order valence-corrected chi connectivity index (χ2v) is 6.09. The SMILES string of the molecule is COc1ccc(C)cc1N(CCC(=O)Nc1ccc(Cl)cc1)C(C)=O. The van der Waals surface area contributed by atoms with Crippen molar-refractivity contribution in [3.63, 3.8) is 0 Å². The molecule has 0 heterocycles. The minimum atomic E-state index is -0.180. The Balaban J connectivity index is 2.07. The summed E-state index contributed by atoms with van der Waals surface area (Å²) >= 11 is 5.83. The lowest BCUT2D eigenvalue weighted by atomic mass is 10.1. The van der Waals surface area contributed by atoms with Crippen LogP contribution in [-0.4, -0.2) is 25.5 Å². The summed E-state index contributed by atoms with van der Waals surface area (Å²) in [7, 11) is 1.56. The average Bonchev–Trinajstić information content (AvgIpc) is 2.57. The van der Waals surface area contributed by atoms with E-state index in [1.165, 1.54) is 6.92 Å². The van der Waals surface area contributed by atoms with Gasteiger partial charge in [0.1, 0.15) is 5.75 Å². The Morgan fingerprint density at radius 2 is 1.84 bits per heavy atom. The number of carbonyl (C=O) groups excluding carboxylic acids is 2. The molecule has 25 heavy (non-hydrogen) atoms. The molecule has 0 spiro atoms. The highest BCUT2D eigenvalue weighted by molar-refractivity contribution is 6.30. The van der Waals surface area contributed by atoms with Gasteiger partial charge in [0.05, 0.1) is 12.8 Å². The van der Waals surface area contributed by atoms with Crippen LogP contribution in [-0.2, 0) is 9.59 Å². The molecule has 132 valence electrons. The Kier molecular flexibility index (Phi) is 6.42. The fourth-order valence-corrected chi connectivity index (χ4v) is 2.55. The summed E-state index contributed by atoms with van der Waals surface area (Å²) in [5.41, 5.74) is 2.33. The molecule has 0 unspecified atom stereocenters. The van der Waals surface area contributed by atoms with Crippen LogP contribution in [0.1, 0.15) is 18.9 Å². The highest BCUT2D eigenvalue weighted by Crippen LogP contribution is 2.29. The minimum Gasteiger partial charge on any atom is -0.495 e. The zero-order chi connectivity index (χ0) is 18.4. The van der Waals surface area contributed by atoms with Crippen LogP contribution < -0.4 is 15.0 Å². The van der Waals surface area contributed by atoms with E-state index in [1.807, 2.05) is 25.1 Å². The lowest BCUT2D eigenvalue weighted by molar-refractivity contribution is -0.117. The predicted molar refractivity (Wildman–Crippen MR) is 100 cm³/mol. The number of amides is 2. The summed E-state index contributed by atoms with van der Waals surface area (Å²) in [4.78, 5) is 25.8. The molecule has 0 fully saturated rings. The maximum atomic E-state index is 12.2. The summed E-state index contributed by atoms with van der Waals surface area (Å²) in [6, 6.07) is 12.5. The number of rotatable bonds is 6. The van der Waals surface area contributed by atoms with E-state index in [0.717, 1.165) is 5.56 Å². The Morgan fingerprint density at radius 3 is 2.44 bits per heavy atom. The van der Waals surface area contributed by atoms with Gasteiger partial charge in [-0.25, -0.2) is 0 Å². The van der Waals surface area contributed by atoms with Crippen LogP contribution in [0.3, 0.4) is 0 Å². The molecule has 2 aromatic rings. The number of halogens is 1. The van der Waals surface area contributed by atoms with Crippen molar-refractivity contribution in [1.82, 2.24) is 0 Å². The van der Waals surface area contributed by atoms with Gasteiger partial charge < -0.3 is 15.0 Å². The van der Waals surface area contributed by atoms with E-state index in [1.54, 1.807) is 36.3 Å². The van der Waals surface area contributed by atoms with Crippen LogP contribution in [0.5, 0.6) is 5.75 Å². The topological polar surface area (TPSA) is 58.6 Å². The number of anilines is 2. The van der Waals surface area contributed by atoms with Crippen molar-refractivity contribution in [2.75, 3.05) is 23.9 Å². The maximum absolute atomic E-state index is 12.2. The maximum Gasteiger partial charge on any atom is 0.226 e. The quantitative estimate of drug-likeness (QED) is 0.845. The number of benzene rings is 2. The molecule has 0 aliphatic rings. The van der Waals surface area contributed by atoms with Crippen molar-refractivity contribution >= 4 is 34.8 Å². The second-order valence-electron chi connectivity index (χ2n) is 5.65. The minimum absolute atomic E-state index is 0.150. The van der Waals surface area contributed by atoms with Gasteiger partial charge in [0, 0.05) is 30.6 Å². The lowest BCUT2D eigenvalue weighted by Gasteiger charge is -2.23. The van der Waals surface area contributed by atoms with Gasteiger partial charge in [-0.2, -0.15) is 0 Å². The Hall–Kier alpha value is -2.53. The molecule has 0 saturated carbocycles. The van der Waals surface area contributed by atoms with Crippen molar-refractivity contribution in [2.24, 2.45) is 0 Å². The molecular formula is C19H21ClN2O3. The predicted octanol–water partition coefficient (Wildman–Crippen LogP) is 4.04. The van der Waals surface area contributed by atoms with E-state index in [4.69, 9.17) is 16.3 Å². The number of ether oxygens (including phenoxy) is 1. The molecule has 2 amide bonds. The van der Waals surface area contributed by atoms with E-state index < -0.39 is 0 Å². The molecular weight excluding hydrogens is 340 g/mol. The molecule has 0 radical (unpaired) electrons. The van der Waals surface area contributed by atoms with Crippen LogP contribution in [0, 0.1) is 6.92 Å². The van der Waals surface area contributed by atoms with E-state index in [0.29, 0.717) is 22.1 Å². The highest BCUT2D eigenvalue weighted by Gasteiger charge is 2.17. The van der Waals surface area contributed by atoms with Crippen LogP contribution in [0.25, 0.3) is 0 Å². The van der Waals surface area contributed by atoms with E-state index >= 15 is 0 Å². The van der Waals surface area contributed by atoms with Gasteiger partial charge >= 0.3 is 0 Å². The number of methoxy groups -OCH3 is 1. The highest BCUT2D eigenvalue weighted by atomic mass is 35.5. The molecule has 0 aliphatic heterocycles. The van der Waals surface area contributed by atoms with Crippen molar-refractivity contribution in [3.8, 4) is 5.75 Å². The normalized spacial score (nSPS) is 10.2. The van der Waals surface area contributed by atoms with E-state index in [9.17, 15) is 9.59 Å². The van der Waals surface area contributed by atoms with Gasteiger partial charge in [-0.1, -0.05) is 17.7 Å². The van der Waals surface area contributed by atoms with Gasteiger partial charge in [-0.15, -0.1) is 0 Å². The summed E-state index contributed by atoms with van der Waals surface area (Å²) < 4.78 is 5.34. The first-order valence-corrected chi connectivity index (χ1v) is 8.26. The van der Waals surface area contributed by atoms with Gasteiger partial charge in [-0.05, 0) is 48.9 Å². The van der Waals surface area contributed by atoms with E-state index in [2.05, 4.69) is 5.32 Å². The summed E-state index contributed by atoms with van der Waals surface area (Å²) in [6.45, 7) is 3.67. The number of hydrogen-bond donors (Lipinski definition) is 1. The number of carbonyl (C=O) groups is 2. The van der Waals surface area contributed by atoms with Crippen molar-refractivity contribution in [2.45, 2.75) is 20.3 Å². The standard InChI is InChI=1S/C19H21ClN2O3/c1-13-4-9-18(25-3)17(12-13)22(14(2)23)11-10-19(24)21-16-7-5-15(20)6-8-16/h4-9,12H,10-11H2,1-3H3,(H,21,24). The van der Waals surface area contributed by atoms with Crippen molar-refractivity contribution in [3.05, 3.63) is 53.1 Å². The largest absolute Gasteiger partial charge is 0.495 e. The van der Waals surface area contributed by atoms with Gasteiger partial charge in [-0.3, -0.25) is 9.59 Å². The third-order valence-corrected chi connectivity index (χ3v) is 3.95. The first-order valence-electron chi connectivity index (χ1n) is 7.89. The van der Waals surface area contributed by atoms with Crippen LogP contribution in [0.2, 0.25) is 5.02 Å². The molecule has 2 aromatic carbocycles. The monoisotopic (exact) mass is 360 g/mol. The zero-order valence-electron chi connectivity index (χ0n) is 14.5. The molecule has 0 saturated heterocycles. The molecule has 1 N–H and O–H groups in total. The molecule has 5 nitrogen and oxygen atoms in total. The average molecular weight is 361 g/mol. The summed E-state index contributed by atoms with van der Waals surface area (Å²) in [6.07, 6.45) is 0.166. The molecule has 0 bridgehead atoms. The fourth-order valence-electron chi connectivity index (χ4n) is 2.43. The molecule has 0 aliphatic carbocycles. The molecule has 6 heteroatoms. The van der Waals surface area contributed by atoms with Gasteiger partial charge in [0.25, 0.3) is 0 Å². The molecule has 2 rings (SSSR count). The first kappa shape index (κ1) is 18.8. The van der Waals surface area contributed by atoms with Crippen LogP contribution in [0.15, 0.2) is 42.5 Å². The second kappa shape index (κ2) is 8.53. The number of nitrogens with one attached hydrogen (secondary N) is 1. The van der Waals surface area contributed by atoms with Crippen molar-refractivity contribution < 1.29 is 14.3 Å².